The van der Waals surface area contributed by atoms with Crippen LogP contribution in [-0.2, 0) is 21.1 Å². The minimum Gasteiger partial charge on any atom is -0.322 e. The minimum absolute atomic E-state index is 0.179. The van der Waals surface area contributed by atoms with Gasteiger partial charge in [0.2, 0.25) is 5.91 Å². The van der Waals surface area contributed by atoms with E-state index in [1.807, 2.05) is 0 Å². The van der Waals surface area contributed by atoms with E-state index in [4.69, 9.17) is 10.7 Å². The Hall–Kier alpha value is -3.17. The van der Waals surface area contributed by atoms with Crippen molar-refractivity contribution in [3.8, 4) is 11.3 Å². The molecule has 3 aromatic rings. The normalized spacial score (nSPS) is 15.6. The van der Waals surface area contributed by atoms with Crippen molar-refractivity contribution < 1.29 is 17.8 Å². The third-order valence-electron chi connectivity index (χ3n) is 5.13. The number of carbonyl (C=O) groups is 1. The topological polar surface area (TPSA) is 81.2 Å². The number of imidazole rings is 1. The molecule has 1 unspecified atom stereocenters. The fourth-order valence-electron chi connectivity index (χ4n) is 3.58. The van der Waals surface area contributed by atoms with Crippen LogP contribution in [0.4, 0.5) is 8.78 Å². The highest BCUT2D eigenvalue weighted by Crippen LogP contribution is 2.38. The molecule has 0 bridgehead atoms. The highest BCUT2D eigenvalue weighted by Gasteiger charge is 2.40. The second kappa shape index (κ2) is 7.82. The van der Waals surface area contributed by atoms with E-state index in [2.05, 4.69) is 0 Å². The molecule has 2 N–H and O–H groups in total. The molecule has 6 nitrogen and oxygen atoms in total. The molecule has 0 aliphatic carbocycles. The van der Waals surface area contributed by atoms with Gasteiger partial charge in [-0.3, -0.25) is 9.36 Å². The molecule has 0 spiro atoms. The number of hydrogen-bond donors (Lipinski definition) is 1. The van der Waals surface area contributed by atoms with E-state index in [0.717, 1.165) is 0 Å². The molecule has 4 rings (SSSR count). The van der Waals surface area contributed by atoms with Crippen LogP contribution in [0.15, 0.2) is 64.7 Å². The summed E-state index contributed by atoms with van der Waals surface area (Å²) in [6.45, 7) is 3.42. The van der Waals surface area contributed by atoms with Gasteiger partial charge in [0.15, 0.2) is 0 Å². The first kappa shape index (κ1) is 21.1. The molecular formula is C22H20F2N4O2S. The number of amides is 1. The molecular weight excluding hydrogens is 422 g/mol. The Bertz CT molecular complexity index is 1220. The lowest BCUT2D eigenvalue weighted by molar-refractivity contribution is -0.132. The third kappa shape index (κ3) is 3.60. The predicted molar refractivity (Wildman–Crippen MR) is 113 cm³/mol. The molecule has 1 aliphatic heterocycles. The fourth-order valence-corrected chi connectivity index (χ4v) is 4.89. The zero-order chi connectivity index (χ0) is 22.3. The summed E-state index contributed by atoms with van der Waals surface area (Å²) in [6, 6.07) is 11.2. The predicted octanol–water partition coefficient (Wildman–Crippen LogP) is 3.46. The minimum atomic E-state index is -1.80. The lowest BCUT2D eigenvalue weighted by atomic mass is 10.0. The molecule has 0 radical (unpaired) electrons. The van der Waals surface area contributed by atoms with E-state index in [1.165, 1.54) is 47.4 Å². The van der Waals surface area contributed by atoms with Crippen molar-refractivity contribution in [1.29, 1.82) is 0 Å². The summed E-state index contributed by atoms with van der Waals surface area (Å²) >= 11 is 0. The van der Waals surface area contributed by atoms with Crippen LogP contribution in [-0.4, -0.2) is 31.1 Å². The van der Waals surface area contributed by atoms with Crippen LogP contribution in [0, 0.1) is 11.6 Å². The summed E-state index contributed by atoms with van der Waals surface area (Å²) in [5.41, 5.74) is 5.56. The van der Waals surface area contributed by atoms with Crippen LogP contribution in [0.1, 0.15) is 19.7 Å². The van der Waals surface area contributed by atoms with Gasteiger partial charge in [-0.25, -0.2) is 18.0 Å². The Kier molecular flexibility index (Phi) is 5.32. The zero-order valence-electron chi connectivity index (χ0n) is 16.9. The molecule has 2 aromatic carbocycles. The van der Waals surface area contributed by atoms with Gasteiger partial charge in [-0.05, 0) is 56.3 Å². The summed E-state index contributed by atoms with van der Waals surface area (Å²) in [5, 5.41) is 0.302. The van der Waals surface area contributed by atoms with Gasteiger partial charge in [-0.1, -0.05) is 6.07 Å². The quantitative estimate of drug-likeness (QED) is 0.671. The molecule has 0 saturated heterocycles. The monoisotopic (exact) mass is 442 g/mol. The number of aromatic nitrogens is 2. The third-order valence-corrected chi connectivity index (χ3v) is 6.55. The van der Waals surface area contributed by atoms with Gasteiger partial charge >= 0.3 is 0 Å². The molecule has 1 amide bonds. The number of hydrogen-bond acceptors (Lipinski definition) is 4. The molecule has 160 valence electrons. The fraction of sp³-hybridized carbons (Fsp3) is 0.182. The van der Waals surface area contributed by atoms with Gasteiger partial charge in [0, 0.05) is 22.9 Å². The summed E-state index contributed by atoms with van der Waals surface area (Å²) < 4.78 is 42.5. The van der Waals surface area contributed by atoms with Crippen molar-refractivity contribution in [2.45, 2.75) is 29.3 Å². The van der Waals surface area contributed by atoms with Crippen LogP contribution in [0.25, 0.3) is 17.5 Å². The first-order valence-corrected chi connectivity index (χ1v) is 10.7. The number of benzene rings is 2. The van der Waals surface area contributed by atoms with E-state index >= 15 is 0 Å². The van der Waals surface area contributed by atoms with Crippen LogP contribution >= 0.6 is 0 Å². The second-order valence-corrected chi connectivity index (χ2v) is 8.91. The molecule has 1 atom stereocenters. The van der Waals surface area contributed by atoms with Gasteiger partial charge in [-0.2, -0.15) is 0 Å². The molecule has 9 heteroatoms. The summed E-state index contributed by atoms with van der Waals surface area (Å²) in [6.07, 6.45) is 3.14. The van der Waals surface area contributed by atoms with Crippen molar-refractivity contribution in [2.75, 3.05) is 6.54 Å². The van der Waals surface area contributed by atoms with E-state index < -0.39 is 28.0 Å². The van der Waals surface area contributed by atoms with E-state index in [9.17, 15) is 17.8 Å². The number of fused-ring (bicyclic) bond motifs is 1. The van der Waals surface area contributed by atoms with E-state index in [0.29, 0.717) is 22.1 Å². The Morgan fingerprint density at radius 3 is 2.45 bits per heavy atom. The Balaban J connectivity index is 1.96. The number of carbonyl (C=O) groups excluding carboxylic acids is 1. The summed E-state index contributed by atoms with van der Waals surface area (Å²) in [5.74, 6) is -0.772. The highest BCUT2D eigenvalue weighted by molar-refractivity contribution is 7.85. The number of nitrogens with zero attached hydrogens (tertiary/aromatic N) is 3. The van der Waals surface area contributed by atoms with Crippen molar-refractivity contribution in [1.82, 2.24) is 14.5 Å². The van der Waals surface area contributed by atoms with Gasteiger partial charge in [0.1, 0.15) is 44.5 Å². The molecule has 0 fully saturated rings. The number of halogens is 2. The second-order valence-electron chi connectivity index (χ2n) is 7.52. The SMILES string of the molecule is CC1(C)c2nc(-c3ccc(F)cc3)c(S(=O)c3cccc(F)c3)n2C=CN1C(=O)CN. The molecule has 2 heterocycles. The van der Waals surface area contributed by atoms with Gasteiger partial charge in [-0.15, -0.1) is 0 Å². The Morgan fingerprint density at radius 1 is 1.10 bits per heavy atom. The maximum Gasteiger partial charge on any atom is 0.241 e. The summed E-state index contributed by atoms with van der Waals surface area (Å²) in [4.78, 5) is 18.8. The standard InChI is InChI=1S/C22H20F2N4O2S/c1-22(2)21-26-19(14-6-8-15(23)9-7-14)20(27(21)10-11-28(22)18(29)13-25)31(30)17-5-3-4-16(24)12-17/h3-12H,13,25H2,1-2H3. The number of nitrogens with two attached hydrogens (primary N) is 1. The lowest BCUT2D eigenvalue weighted by Gasteiger charge is -2.38. The molecule has 1 aromatic heterocycles. The number of rotatable bonds is 4. The largest absolute Gasteiger partial charge is 0.322 e. The van der Waals surface area contributed by atoms with Gasteiger partial charge in [0.25, 0.3) is 0 Å². The van der Waals surface area contributed by atoms with Crippen LogP contribution in [0.2, 0.25) is 0 Å². The van der Waals surface area contributed by atoms with Crippen LogP contribution in [0.5, 0.6) is 0 Å². The van der Waals surface area contributed by atoms with Crippen molar-refractivity contribution >= 4 is 22.9 Å². The van der Waals surface area contributed by atoms with Crippen LogP contribution < -0.4 is 5.73 Å². The highest BCUT2D eigenvalue weighted by atomic mass is 32.2. The maximum absolute atomic E-state index is 13.8. The smallest absolute Gasteiger partial charge is 0.241 e. The molecule has 1 aliphatic rings. The maximum atomic E-state index is 13.8. The summed E-state index contributed by atoms with van der Waals surface area (Å²) in [7, 11) is -1.80. The first-order chi connectivity index (χ1) is 14.7. The Morgan fingerprint density at radius 2 is 1.81 bits per heavy atom. The van der Waals surface area contributed by atoms with Gasteiger partial charge < -0.3 is 10.6 Å². The average molecular weight is 442 g/mol. The average Bonchev–Trinajstić information content (AvgIpc) is 3.14. The molecule has 0 saturated carbocycles. The van der Waals surface area contributed by atoms with E-state index in [-0.39, 0.29) is 17.3 Å². The van der Waals surface area contributed by atoms with Crippen LogP contribution in [0.3, 0.4) is 0 Å². The van der Waals surface area contributed by atoms with Gasteiger partial charge in [0.05, 0.1) is 6.54 Å². The Labute approximate surface area is 180 Å². The lowest BCUT2D eigenvalue weighted by Crippen LogP contribution is -2.47. The van der Waals surface area contributed by atoms with Crippen molar-refractivity contribution in [3.63, 3.8) is 0 Å². The van der Waals surface area contributed by atoms with Crippen molar-refractivity contribution in [2.24, 2.45) is 5.73 Å². The van der Waals surface area contributed by atoms with Crippen molar-refractivity contribution in [3.05, 3.63) is 72.2 Å². The zero-order valence-corrected chi connectivity index (χ0v) is 17.7. The van der Waals surface area contributed by atoms with E-state index in [1.54, 1.807) is 36.9 Å². The first-order valence-electron chi connectivity index (χ1n) is 9.50. The molecule has 31 heavy (non-hydrogen) atoms.